The van der Waals surface area contributed by atoms with E-state index in [4.69, 9.17) is 0 Å². The number of anilines is 1. The van der Waals surface area contributed by atoms with Crippen molar-refractivity contribution >= 4 is 22.5 Å². The molecule has 4 rings (SSSR count). The number of aromatic amines is 1. The lowest BCUT2D eigenvalue weighted by Gasteiger charge is -2.30. The number of nitrogens with zero attached hydrogens (tertiary/aromatic N) is 2. The normalized spacial score (nSPS) is 14.1. The Hall–Kier alpha value is -2.82. The molecule has 0 atom stereocenters. The largest absolute Gasteiger partial charge is 0.506 e. The molecule has 5 heteroatoms. The van der Waals surface area contributed by atoms with Gasteiger partial charge in [-0.15, -0.1) is 0 Å². The number of nitrogens with one attached hydrogen (secondary N) is 1. The van der Waals surface area contributed by atoms with Gasteiger partial charge in [-0.3, -0.25) is 9.89 Å². The molecule has 1 aliphatic rings. The molecule has 1 aliphatic heterocycles. The fraction of sp³-hybridized carbons (Fsp3) is 0.176. The number of hydrogen-bond donors (Lipinski definition) is 2. The zero-order valence-corrected chi connectivity index (χ0v) is 11.9. The number of hydrogen-bond acceptors (Lipinski definition) is 3. The Balaban J connectivity index is 1.84. The summed E-state index contributed by atoms with van der Waals surface area (Å²) in [6.45, 7) is 0.605. The van der Waals surface area contributed by atoms with E-state index < -0.39 is 0 Å². The van der Waals surface area contributed by atoms with Crippen molar-refractivity contribution in [2.24, 2.45) is 0 Å². The van der Waals surface area contributed by atoms with Gasteiger partial charge in [-0.05, 0) is 30.5 Å². The zero-order chi connectivity index (χ0) is 15.1. The van der Waals surface area contributed by atoms with Crippen molar-refractivity contribution in [3.05, 3.63) is 53.7 Å². The Kier molecular flexibility index (Phi) is 2.85. The number of carbonyl (C=O) groups is 1. The van der Waals surface area contributed by atoms with Gasteiger partial charge in [-0.25, -0.2) is 0 Å². The second kappa shape index (κ2) is 4.87. The highest BCUT2D eigenvalue weighted by atomic mass is 16.3. The molecule has 2 N–H and O–H groups in total. The summed E-state index contributed by atoms with van der Waals surface area (Å²) in [4.78, 5) is 14.7. The Labute approximate surface area is 127 Å². The maximum atomic E-state index is 13.0. The molecule has 110 valence electrons. The van der Waals surface area contributed by atoms with Gasteiger partial charge in [0, 0.05) is 11.9 Å². The first-order chi connectivity index (χ1) is 10.8. The van der Waals surface area contributed by atoms with E-state index >= 15 is 0 Å². The van der Waals surface area contributed by atoms with Gasteiger partial charge in [-0.2, -0.15) is 5.10 Å². The molecule has 3 aromatic rings. The molecule has 5 nitrogen and oxygen atoms in total. The van der Waals surface area contributed by atoms with E-state index in [9.17, 15) is 9.90 Å². The zero-order valence-electron chi connectivity index (χ0n) is 11.9. The number of amides is 1. The number of carbonyl (C=O) groups excluding carboxylic acids is 1. The molecule has 0 saturated heterocycles. The number of aromatic hydroxyl groups is 1. The van der Waals surface area contributed by atoms with E-state index in [0.29, 0.717) is 17.8 Å². The Morgan fingerprint density at radius 3 is 3.00 bits per heavy atom. The quantitative estimate of drug-likeness (QED) is 0.725. The van der Waals surface area contributed by atoms with E-state index in [1.165, 1.54) is 0 Å². The summed E-state index contributed by atoms with van der Waals surface area (Å²) in [6.07, 6.45) is 3.47. The van der Waals surface area contributed by atoms with Crippen molar-refractivity contribution < 1.29 is 9.90 Å². The lowest BCUT2D eigenvalue weighted by molar-refractivity contribution is 0.0985. The van der Waals surface area contributed by atoms with Crippen molar-refractivity contribution in [1.82, 2.24) is 10.2 Å². The lowest BCUT2D eigenvalue weighted by atomic mass is 9.99. The molecule has 1 aromatic heterocycles. The molecule has 0 fully saturated rings. The molecule has 0 saturated carbocycles. The van der Waals surface area contributed by atoms with E-state index in [-0.39, 0.29) is 11.7 Å². The maximum Gasteiger partial charge on any atom is 0.260 e. The van der Waals surface area contributed by atoms with Gasteiger partial charge >= 0.3 is 0 Å². The number of rotatable bonds is 1. The summed E-state index contributed by atoms with van der Waals surface area (Å²) in [5.41, 5.74) is 2.95. The Morgan fingerprint density at radius 2 is 2.09 bits per heavy atom. The molecular formula is C17H15N3O2. The number of H-pyrrole nitrogens is 1. The molecule has 0 bridgehead atoms. The van der Waals surface area contributed by atoms with E-state index in [1.807, 2.05) is 24.3 Å². The summed E-state index contributed by atoms with van der Waals surface area (Å²) >= 11 is 0. The first-order valence-corrected chi connectivity index (χ1v) is 7.30. The molecule has 0 unspecified atom stereocenters. The SMILES string of the molecule is O=C(c1cccc2cn[nH]c12)N1CCCc2cccc(O)c21. The predicted molar refractivity (Wildman–Crippen MR) is 84.2 cm³/mol. The topological polar surface area (TPSA) is 69.2 Å². The van der Waals surface area contributed by atoms with Crippen LogP contribution in [-0.4, -0.2) is 27.8 Å². The second-order valence-corrected chi connectivity index (χ2v) is 5.49. The van der Waals surface area contributed by atoms with Crippen molar-refractivity contribution in [2.75, 3.05) is 11.4 Å². The average molecular weight is 293 g/mol. The van der Waals surface area contributed by atoms with Crippen LogP contribution in [0.5, 0.6) is 5.75 Å². The fourth-order valence-electron chi connectivity index (χ4n) is 3.13. The van der Waals surface area contributed by atoms with Crippen LogP contribution in [-0.2, 0) is 6.42 Å². The Morgan fingerprint density at radius 1 is 1.23 bits per heavy atom. The van der Waals surface area contributed by atoms with E-state index in [0.717, 1.165) is 29.3 Å². The smallest absolute Gasteiger partial charge is 0.260 e. The molecule has 1 amide bonds. The molecule has 2 aromatic carbocycles. The van der Waals surface area contributed by atoms with Crippen LogP contribution < -0.4 is 4.90 Å². The van der Waals surface area contributed by atoms with Gasteiger partial charge < -0.3 is 10.0 Å². The van der Waals surface area contributed by atoms with Gasteiger partial charge in [0.2, 0.25) is 0 Å². The standard InChI is InChI=1S/C17H15N3O2/c21-14-8-2-4-11-6-3-9-20(16(11)14)17(22)13-7-1-5-12-10-18-19-15(12)13/h1-2,4-5,7-8,10,21H,3,6,9H2,(H,18,19). The van der Waals surface area contributed by atoms with E-state index in [2.05, 4.69) is 10.2 Å². The molecule has 22 heavy (non-hydrogen) atoms. The Bertz CT molecular complexity index is 869. The van der Waals surface area contributed by atoms with Crippen LogP contribution in [0.3, 0.4) is 0 Å². The van der Waals surface area contributed by atoms with Crippen molar-refractivity contribution in [1.29, 1.82) is 0 Å². The highest BCUT2D eigenvalue weighted by Crippen LogP contribution is 2.36. The monoisotopic (exact) mass is 293 g/mol. The van der Waals surface area contributed by atoms with Crippen LogP contribution in [0, 0.1) is 0 Å². The van der Waals surface area contributed by atoms with Gasteiger partial charge in [0.1, 0.15) is 5.75 Å². The third-order valence-electron chi connectivity index (χ3n) is 4.15. The summed E-state index contributed by atoms with van der Waals surface area (Å²) in [5.74, 6) is 0.0413. The number of aromatic nitrogens is 2. The lowest BCUT2D eigenvalue weighted by Crippen LogP contribution is -2.35. The van der Waals surface area contributed by atoms with Crippen molar-refractivity contribution in [3.8, 4) is 5.75 Å². The summed E-state index contributed by atoms with van der Waals surface area (Å²) in [6, 6.07) is 11.0. The number of phenolic OH excluding ortho intramolecular Hbond substituents is 1. The number of fused-ring (bicyclic) bond motifs is 2. The predicted octanol–water partition coefficient (Wildman–Crippen LogP) is 2.86. The average Bonchev–Trinajstić information content (AvgIpc) is 3.02. The van der Waals surface area contributed by atoms with Crippen LogP contribution in [0.25, 0.3) is 10.9 Å². The number of aryl methyl sites for hydroxylation is 1. The first kappa shape index (κ1) is 12.9. The van der Waals surface area contributed by atoms with Gasteiger partial charge in [0.05, 0.1) is 23.0 Å². The van der Waals surface area contributed by atoms with Gasteiger partial charge in [0.15, 0.2) is 0 Å². The summed E-state index contributed by atoms with van der Waals surface area (Å²) in [5, 5.41) is 18.0. The molecule has 0 spiro atoms. The van der Waals surface area contributed by atoms with Crippen molar-refractivity contribution in [2.45, 2.75) is 12.8 Å². The third-order valence-corrected chi connectivity index (χ3v) is 4.15. The molecule has 0 aliphatic carbocycles. The van der Waals surface area contributed by atoms with Crippen LogP contribution in [0.1, 0.15) is 22.3 Å². The minimum Gasteiger partial charge on any atom is -0.506 e. The fourth-order valence-corrected chi connectivity index (χ4v) is 3.13. The van der Waals surface area contributed by atoms with Gasteiger partial charge in [-0.1, -0.05) is 24.3 Å². The third kappa shape index (κ3) is 1.86. The molecule has 2 heterocycles. The van der Waals surface area contributed by atoms with Crippen LogP contribution in [0.4, 0.5) is 5.69 Å². The highest BCUT2D eigenvalue weighted by Gasteiger charge is 2.27. The van der Waals surface area contributed by atoms with Crippen LogP contribution in [0.2, 0.25) is 0 Å². The number of benzene rings is 2. The summed E-state index contributed by atoms with van der Waals surface area (Å²) in [7, 11) is 0. The maximum absolute atomic E-state index is 13.0. The highest BCUT2D eigenvalue weighted by molar-refractivity contribution is 6.14. The number of para-hydroxylation sites is 2. The first-order valence-electron chi connectivity index (χ1n) is 7.30. The van der Waals surface area contributed by atoms with Crippen LogP contribution in [0.15, 0.2) is 42.6 Å². The summed E-state index contributed by atoms with van der Waals surface area (Å²) < 4.78 is 0. The van der Waals surface area contributed by atoms with Crippen LogP contribution >= 0.6 is 0 Å². The van der Waals surface area contributed by atoms with Crippen molar-refractivity contribution in [3.63, 3.8) is 0 Å². The minimum absolute atomic E-state index is 0.114. The van der Waals surface area contributed by atoms with E-state index in [1.54, 1.807) is 23.2 Å². The minimum atomic E-state index is -0.114. The second-order valence-electron chi connectivity index (χ2n) is 5.49. The number of phenols is 1. The van der Waals surface area contributed by atoms with Gasteiger partial charge in [0.25, 0.3) is 5.91 Å². The molecule has 0 radical (unpaired) electrons. The molecular weight excluding hydrogens is 278 g/mol.